The zero-order chi connectivity index (χ0) is 12.9. The van der Waals surface area contributed by atoms with E-state index in [2.05, 4.69) is 5.32 Å². The molecule has 2 aliphatic rings. The van der Waals surface area contributed by atoms with Crippen LogP contribution in [0.2, 0.25) is 0 Å². The molecular weight excluding hydrogens is 226 g/mol. The van der Waals surface area contributed by atoms with Gasteiger partial charge in [-0.25, -0.2) is 4.79 Å². The first-order chi connectivity index (χ1) is 8.59. The van der Waals surface area contributed by atoms with Crippen LogP contribution >= 0.6 is 0 Å². The molecule has 1 saturated carbocycles. The van der Waals surface area contributed by atoms with Crippen molar-refractivity contribution in [2.45, 2.75) is 38.8 Å². The summed E-state index contributed by atoms with van der Waals surface area (Å²) < 4.78 is 0. The Morgan fingerprint density at radius 3 is 2.44 bits per heavy atom. The number of amides is 2. The number of amidine groups is 1. The van der Waals surface area contributed by atoms with E-state index < -0.39 is 0 Å². The largest absolute Gasteiger partial charge is 0.323 e. The van der Waals surface area contributed by atoms with E-state index in [1.165, 1.54) is 0 Å². The van der Waals surface area contributed by atoms with Crippen LogP contribution in [0.25, 0.3) is 0 Å². The van der Waals surface area contributed by atoms with Gasteiger partial charge in [-0.1, -0.05) is 18.2 Å². The second-order valence-electron chi connectivity index (χ2n) is 5.19. The van der Waals surface area contributed by atoms with Gasteiger partial charge in [0.05, 0.1) is 0 Å². The Balaban J connectivity index is 2.08. The van der Waals surface area contributed by atoms with E-state index >= 15 is 0 Å². The average molecular weight is 243 g/mol. The number of rotatable bonds is 2. The Hall–Kier alpha value is -1.84. The lowest BCUT2D eigenvalue weighted by Gasteiger charge is -2.25. The average Bonchev–Trinajstić information content (AvgIpc) is 3.07. The van der Waals surface area contributed by atoms with E-state index in [-0.39, 0.29) is 12.1 Å². The van der Waals surface area contributed by atoms with E-state index in [0.717, 1.165) is 29.5 Å². The molecule has 2 amide bonds. The molecule has 1 atom stereocenters. The molecule has 2 fully saturated rings. The molecule has 1 aliphatic heterocycles. The third-order valence-electron chi connectivity index (χ3n) is 3.78. The molecule has 1 heterocycles. The molecule has 4 nitrogen and oxygen atoms in total. The molecule has 18 heavy (non-hydrogen) atoms. The summed E-state index contributed by atoms with van der Waals surface area (Å²) in [5.41, 5.74) is 3.39. The van der Waals surface area contributed by atoms with Crippen LogP contribution in [-0.2, 0) is 0 Å². The lowest BCUT2D eigenvalue weighted by atomic mass is 9.95. The maximum Gasteiger partial charge on any atom is 0.323 e. The van der Waals surface area contributed by atoms with Gasteiger partial charge in [0, 0.05) is 6.04 Å². The van der Waals surface area contributed by atoms with Crippen molar-refractivity contribution >= 4 is 11.9 Å². The number of nitrogens with one attached hydrogen (secondary N) is 2. The molecule has 1 aromatic carbocycles. The summed E-state index contributed by atoms with van der Waals surface area (Å²) in [6, 6.07) is 6.09. The van der Waals surface area contributed by atoms with Crippen molar-refractivity contribution in [3.05, 3.63) is 34.9 Å². The van der Waals surface area contributed by atoms with Crippen LogP contribution in [0.3, 0.4) is 0 Å². The summed E-state index contributed by atoms with van der Waals surface area (Å²) in [4.78, 5) is 13.8. The predicted octanol–water partition coefficient (Wildman–Crippen LogP) is 2.51. The fraction of sp³-hybridized carbons (Fsp3) is 0.429. The zero-order valence-electron chi connectivity index (χ0n) is 10.7. The van der Waals surface area contributed by atoms with Crippen molar-refractivity contribution in [1.29, 1.82) is 5.41 Å². The summed E-state index contributed by atoms with van der Waals surface area (Å²) in [5, 5.41) is 10.7. The quantitative estimate of drug-likeness (QED) is 0.823. The van der Waals surface area contributed by atoms with Gasteiger partial charge in [0.2, 0.25) is 0 Å². The Labute approximate surface area is 106 Å². The Morgan fingerprint density at radius 1 is 1.28 bits per heavy atom. The Kier molecular flexibility index (Phi) is 2.40. The number of urea groups is 1. The molecule has 4 heteroatoms. The van der Waals surface area contributed by atoms with Crippen LogP contribution in [0.4, 0.5) is 4.79 Å². The molecular formula is C14H17N3O. The van der Waals surface area contributed by atoms with E-state index in [9.17, 15) is 4.79 Å². The first kappa shape index (κ1) is 11.3. The highest BCUT2D eigenvalue weighted by Gasteiger charge is 2.45. The van der Waals surface area contributed by atoms with Gasteiger partial charge in [-0.2, -0.15) is 0 Å². The van der Waals surface area contributed by atoms with Crippen molar-refractivity contribution in [2.75, 3.05) is 0 Å². The minimum absolute atomic E-state index is 0.116. The number of nitrogens with zero attached hydrogens (tertiary/aromatic N) is 1. The van der Waals surface area contributed by atoms with Crippen LogP contribution in [-0.4, -0.2) is 22.8 Å². The van der Waals surface area contributed by atoms with Gasteiger partial charge in [0.25, 0.3) is 0 Å². The number of carbonyl (C=O) groups excluding carboxylic acids is 1. The van der Waals surface area contributed by atoms with Crippen molar-refractivity contribution < 1.29 is 4.79 Å². The SMILES string of the molecule is Cc1cccc(C)c1C1C(=N)NC(=O)N1C1CC1. The first-order valence-corrected chi connectivity index (χ1v) is 6.33. The molecule has 1 aromatic rings. The second kappa shape index (κ2) is 3.83. The van der Waals surface area contributed by atoms with E-state index in [0.29, 0.717) is 11.9 Å². The normalized spacial score (nSPS) is 23.4. The summed E-state index contributed by atoms with van der Waals surface area (Å²) in [5.74, 6) is 0.310. The summed E-state index contributed by atoms with van der Waals surface area (Å²) in [6.07, 6.45) is 2.12. The van der Waals surface area contributed by atoms with Crippen LogP contribution in [0.5, 0.6) is 0 Å². The lowest BCUT2D eigenvalue weighted by Crippen LogP contribution is -2.32. The summed E-state index contributed by atoms with van der Waals surface area (Å²) >= 11 is 0. The van der Waals surface area contributed by atoms with Gasteiger partial charge in [-0.05, 0) is 43.4 Å². The third kappa shape index (κ3) is 1.60. The minimum atomic E-state index is -0.216. The number of hydrogen-bond acceptors (Lipinski definition) is 2. The van der Waals surface area contributed by atoms with Gasteiger partial charge in [0.15, 0.2) is 0 Å². The smallest absolute Gasteiger partial charge is 0.307 e. The molecule has 2 N–H and O–H groups in total. The predicted molar refractivity (Wildman–Crippen MR) is 69.8 cm³/mol. The highest BCUT2D eigenvalue weighted by atomic mass is 16.2. The van der Waals surface area contributed by atoms with Crippen LogP contribution in [0.15, 0.2) is 18.2 Å². The lowest BCUT2D eigenvalue weighted by molar-refractivity contribution is 0.202. The number of carbonyl (C=O) groups is 1. The maximum absolute atomic E-state index is 11.9. The standard InChI is InChI=1S/C14H17N3O/c1-8-4-3-5-9(2)11(8)12-13(15)16-14(18)17(12)10-6-7-10/h3-5,10,12H,6-7H2,1-2H3,(H2,15,16,18). The molecule has 1 unspecified atom stereocenters. The van der Waals surface area contributed by atoms with Gasteiger partial charge >= 0.3 is 6.03 Å². The fourth-order valence-corrected chi connectivity index (χ4v) is 2.78. The van der Waals surface area contributed by atoms with Gasteiger partial charge in [0.1, 0.15) is 11.9 Å². The van der Waals surface area contributed by atoms with Crippen LogP contribution in [0, 0.1) is 19.3 Å². The summed E-state index contributed by atoms with van der Waals surface area (Å²) in [6.45, 7) is 4.09. The number of hydrogen-bond donors (Lipinski definition) is 2. The molecule has 1 saturated heterocycles. The number of aryl methyl sites for hydroxylation is 2. The topological polar surface area (TPSA) is 56.2 Å². The maximum atomic E-state index is 11.9. The van der Waals surface area contributed by atoms with E-state index in [1.54, 1.807) is 0 Å². The monoisotopic (exact) mass is 243 g/mol. The van der Waals surface area contributed by atoms with Gasteiger partial charge in [-0.3, -0.25) is 10.7 Å². The minimum Gasteiger partial charge on any atom is -0.307 e. The Morgan fingerprint density at radius 2 is 1.89 bits per heavy atom. The summed E-state index contributed by atoms with van der Waals surface area (Å²) in [7, 11) is 0. The van der Waals surface area contributed by atoms with Crippen molar-refractivity contribution in [3.8, 4) is 0 Å². The fourth-order valence-electron chi connectivity index (χ4n) is 2.78. The molecule has 94 valence electrons. The zero-order valence-corrected chi connectivity index (χ0v) is 10.7. The van der Waals surface area contributed by atoms with Gasteiger partial charge in [-0.15, -0.1) is 0 Å². The molecule has 0 aromatic heterocycles. The third-order valence-corrected chi connectivity index (χ3v) is 3.78. The highest BCUT2D eigenvalue weighted by molar-refractivity contribution is 6.06. The van der Waals surface area contributed by atoms with Crippen molar-refractivity contribution in [2.24, 2.45) is 0 Å². The highest BCUT2D eigenvalue weighted by Crippen LogP contribution is 2.39. The van der Waals surface area contributed by atoms with Crippen molar-refractivity contribution in [3.63, 3.8) is 0 Å². The molecule has 0 spiro atoms. The van der Waals surface area contributed by atoms with E-state index in [1.807, 2.05) is 36.9 Å². The first-order valence-electron chi connectivity index (χ1n) is 6.33. The van der Waals surface area contributed by atoms with Crippen LogP contribution < -0.4 is 5.32 Å². The number of benzene rings is 1. The second-order valence-corrected chi connectivity index (χ2v) is 5.19. The Bertz CT molecular complexity index is 514. The van der Waals surface area contributed by atoms with E-state index in [4.69, 9.17) is 5.41 Å². The molecule has 3 rings (SSSR count). The molecule has 1 aliphatic carbocycles. The van der Waals surface area contributed by atoms with Crippen molar-refractivity contribution in [1.82, 2.24) is 10.2 Å². The van der Waals surface area contributed by atoms with Gasteiger partial charge < -0.3 is 4.90 Å². The molecule has 0 radical (unpaired) electrons. The molecule has 0 bridgehead atoms. The van der Waals surface area contributed by atoms with Crippen LogP contribution in [0.1, 0.15) is 35.6 Å².